The third-order valence-electron chi connectivity index (χ3n) is 1.78. The van der Waals surface area contributed by atoms with Gasteiger partial charge in [0, 0.05) is 6.42 Å². The second kappa shape index (κ2) is 9.24. The van der Waals surface area contributed by atoms with E-state index in [2.05, 4.69) is 56.1 Å². The first-order valence-electron chi connectivity index (χ1n) is 5.14. The molecule has 0 atom stereocenters. The second-order valence-electron chi connectivity index (χ2n) is 3.17. The van der Waals surface area contributed by atoms with E-state index in [1.165, 1.54) is 12.8 Å². The molecule has 0 aliphatic heterocycles. The molecule has 0 aliphatic rings. The Morgan fingerprint density at radius 1 is 1.08 bits per heavy atom. The summed E-state index contributed by atoms with van der Waals surface area (Å²) in [5, 5.41) is 0. The lowest BCUT2D eigenvalue weighted by Crippen LogP contribution is -1.97. The predicted molar refractivity (Wildman–Crippen MR) is 60.3 cm³/mol. The van der Waals surface area contributed by atoms with Gasteiger partial charge in [0.25, 0.3) is 0 Å². The monoisotopic (exact) mass is 180 g/mol. The van der Waals surface area contributed by atoms with E-state index in [9.17, 15) is 0 Å². The maximum absolute atomic E-state index is 2.21. The lowest BCUT2D eigenvalue weighted by Gasteiger charge is -1.87. The van der Waals surface area contributed by atoms with Gasteiger partial charge in [-0.05, 0) is 25.8 Å². The fourth-order valence-electron chi connectivity index (χ4n) is 1.01. The van der Waals surface area contributed by atoms with Gasteiger partial charge in [-0.15, -0.1) is 0 Å². The van der Waals surface area contributed by atoms with E-state index in [-0.39, 0.29) is 0 Å². The first-order valence-corrected chi connectivity index (χ1v) is 5.14. The van der Waals surface area contributed by atoms with E-state index in [0.29, 0.717) is 0 Å². The summed E-state index contributed by atoms with van der Waals surface area (Å²) in [6, 6.07) is 0. The highest BCUT2D eigenvalue weighted by Gasteiger charge is 1.87. The lowest BCUT2D eigenvalue weighted by molar-refractivity contribution is -0.418. The van der Waals surface area contributed by atoms with Crippen LogP contribution < -0.4 is 0 Å². The van der Waals surface area contributed by atoms with Gasteiger partial charge < -0.3 is 0 Å². The van der Waals surface area contributed by atoms with Crippen LogP contribution in [0.4, 0.5) is 0 Å². The van der Waals surface area contributed by atoms with E-state index >= 15 is 0 Å². The van der Waals surface area contributed by atoms with Crippen LogP contribution in [-0.4, -0.2) is 17.8 Å². The molecule has 0 aliphatic carbocycles. The molecule has 0 aromatic heterocycles. The first-order chi connectivity index (χ1) is 6.31. The van der Waals surface area contributed by atoms with Gasteiger partial charge in [-0.2, -0.15) is 0 Å². The van der Waals surface area contributed by atoms with E-state index in [1.54, 1.807) is 0 Å². The number of unbranched alkanes of at least 4 members (excludes halogenated alkanes) is 2. The summed E-state index contributed by atoms with van der Waals surface area (Å²) in [5.41, 5.74) is 0. The summed E-state index contributed by atoms with van der Waals surface area (Å²) in [7, 11) is 2.09. The van der Waals surface area contributed by atoms with E-state index in [1.807, 2.05) is 0 Å². The Bertz CT molecular complexity index is 187. The molecule has 1 heteroatoms. The molecule has 0 unspecified atom stereocenters. The third kappa shape index (κ3) is 9.06. The highest BCUT2D eigenvalue weighted by molar-refractivity contribution is 5.51. The molecular formula is C12H22N+. The average Bonchev–Trinajstić information content (AvgIpc) is 2.13. The van der Waals surface area contributed by atoms with Crippen LogP contribution in [0.5, 0.6) is 0 Å². The van der Waals surface area contributed by atoms with Gasteiger partial charge >= 0.3 is 0 Å². The van der Waals surface area contributed by atoms with E-state index in [4.69, 9.17) is 0 Å². The Hall–Kier alpha value is -0.850. The molecule has 0 bridgehead atoms. The summed E-state index contributed by atoms with van der Waals surface area (Å²) in [6.45, 7) is 4.25. The standard InChI is InChI=1S/C12H22N/c1-4-6-8-10-12-13(3)11-9-7-5-2/h4,6,9,11-12H,5,7-8,10H2,1-3H3/q+1/b6-4-,11-9+,13-12?. The molecule has 0 amide bonds. The highest BCUT2D eigenvalue weighted by atomic mass is 14.9. The van der Waals surface area contributed by atoms with Crippen LogP contribution in [0.25, 0.3) is 0 Å². The van der Waals surface area contributed by atoms with Crippen molar-refractivity contribution in [3.05, 3.63) is 24.4 Å². The quantitative estimate of drug-likeness (QED) is 0.255. The molecule has 0 radical (unpaired) electrons. The van der Waals surface area contributed by atoms with Crippen molar-refractivity contribution in [2.75, 3.05) is 7.05 Å². The third-order valence-corrected chi connectivity index (χ3v) is 1.78. The number of allylic oxidation sites excluding steroid dienone is 3. The van der Waals surface area contributed by atoms with E-state index < -0.39 is 0 Å². The molecule has 0 aromatic carbocycles. The zero-order valence-corrected chi connectivity index (χ0v) is 9.16. The van der Waals surface area contributed by atoms with Gasteiger partial charge in [0.05, 0.1) is 0 Å². The van der Waals surface area contributed by atoms with Crippen molar-refractivity contribution in [1.82, 2.24) is 0 Å². The molecule has 0 heterocycles. The van der Waals surface area contributed by atoms with E-state index in [0.717, 1.165) is 12.8 Å². The van der Waals surface area contributed by atoms with Crippen LogP contribution >= 0.6 is 0 Å². The minimum Gasteiger partial charge on any atom is -0.212 e. The minimum absolute atomic E-state index is 1.12. The van der Waals surface area contributed by atoms with Crippen molar-refractivity contribution in [3.63, 3.8) is 0 Å². The summed E-state index contributed by atoms with van der Waals surface area (Å²) in [4.78, 5) is 0. The number of nitrogens with zero attached hydrogens (tertiary/aromatic N) is 1. The zero-order chi connectivity index (χ0) is 9.94. The first kappa shape index (κ1) is 12.2. The van der Waals surface area contributed by atoms with Gasteiger partial charge in [0.2, 0.25) is 0 Å². The maximum atomic E-state index is 2.21. The normalized spacial score (nSPS) is 13.3. The van der Waals surface area contributed by atoms with Crippen molar-refractivity contribution >= 4 is 6.21 Å². The number of hydrogen-bond donors (Lipinski definition) is 0. The van der Waals surface area contributed by atoms with Gasteiger partial charge in [-0.25, -0.2) is 4.58 Å². The van der Waals surface area contributed by atoms with Crippen LogP contribution in [-0.2, 0) is 0 Å². The van der Waals surface area contributed by atoms with Crippen LogP contribution in [0, 0.1) is 0 Å². The molecule has 0 aromatic rings. The highest BCUT2D eigenvalue weighted by Crippen LogP contribution is 1.90. The van der Waals surface area contributed by atoms with Crippen molar-refractivity contribution in [2.24, 2.45) is 0 Å². The largest absolute Gasteiger partial charge is 0.212 e. The van der Waals surface area contributed by atoms with Gasteiger partial charge in [0.15, 0.2) is 6.20 Å². The molecule has 0 fully saturated rings. The van der Waals surface area contributed by atoms with Crippen molar-refractivity contribution in [2.45, 2.75) is 39.5 Å². The number of hydrogen-bond acceptors (Lipinski definition) is 0. The molecule has 0 N–H and O–H groups in total. The summed E-state index contributed by atoms with van der Waals surface area (Å²) < 4.78 is 2.14. The fraction of sp³-hybridized carbons (Fsp3) is 0.583. The predicted octanol–water partition coefficient (Wildman–Crippen LogP) is 3.37. The Morgan fingerprint density at radius 3 is 2.46 bits per heavy atom. The van der Waals surface area contributed by atoms with Gasteiger partial charge in [0.1, 0.15) is 13.3 Å². The molecule has 1 nitrogen and oxygen atoms in total. The molecule has 0 rings (SSSR count). The summed E-state index contributed by atoms with van der Waals surface area (Å²) in [5.74, 6) is 0. The Morgan fingerprint density at radius 2 is 1.85 bits per heavy atom. The Kier molecular flexibility index (Phi) is 8.64. The van der Waals surface area contributed by atoms with Crippen LogP contribution in [0.3, 0.4) is 0 Å². The van der Waals surface area contributed by atoms with Crippen LogP contribution in [0.1, 0.15) is 39.5 Å². The Labute approximate surface area is 82.5 Å². The lowest BCUT2D eigenvalue weighted by atomic mass is 10.3. The molecule has 0 spiro atoms. The fourth-order valence-corrected chi connectivity index (χ4v) is 1.01. The molecule has 0 saturated heterocycles. The molecule has 74 valence electrons. The maximum Gasteiger partial charge on any atom is 0.164 e. The minimum atomic E-state index is 1.12. The van der Waals surface area contributed by atoms with Gasteiger partial charge in [-0.3, -0.25) is 0 Å². The summed E-state index contributed by atoms with van der Waals surface area (Å²) in [6.07, 6.45) is 15.5. The van der Waals surface area contributed by atoms with Gasteiger partial charge in [-0.1, -0.05) is 25.5 Å². The SMILES string of the molecule is C/C=C\CCC=[N+](C)/C=C/CCC. The average molecular weight is 180 g/mol. The second-order valence-corrected chi connectivity index (χ2v) is 3.17. The zero-order valence-electron chi connectivity index (χ0n) is 9.16. The van der Waals surface area contributed by atoms with Crippen LogP contribution in [0.15, 0.2) is 24.4 Å². The molecular weight excluding hydrogens is 158 g/mol. The molecule has 13 heavy (non-hydrogen) atoms. The van der Waals surface area contributed by atoms with Crippen molar-refractivity contribution < 1.29 is 4.58 Å². The van der Waals surface area contributed by atoms with Crippen molar-refractivity contribution in [1.29, 1.82) is 0 Å². The smallest absolute Gasteiger partial charge is 0.164 e. The molecule has 0 saturated carbocycles. The number of rotatable bonds is 6. The Balaban J connectivity index is 3.62. The van der Waals surface area contributed by atoms with Crippen LogP contribution in [0.2, 0.25) is 0 Å². The van der Waals surface area contributed by atoms with Crippen molar-refractivity contribution in [3.8, 4) is 0 Å². The summed E-state index contributed by atoms with van der Waals surface area (Å²) >= 11 is 0. The topological polar surface area (TPSA) is 3.01 Å².